The summed E-state index contributed by atoms with van der Waals surface area (Å²) in [6, 6.07) is 9.87. The van der Waals surface area contributed by atoms with Crippen molar-refractivity contribution in [3.05, 3.63) is 41.5 Å². The van der Waals surface area contributed by atoms with Crippen LogP contribution in [0.2, 0.25) is 0 Å². The van der Waals surface area contributed by atoms with Crippen LogP contribution in [0, 0.1) is 5.92 Å². The SMILES string of the molecule is CO/N=C/c1cc(-c2cc3c(c(OC)c2)OCCN(C(=O)C2CC2)C3)ccc1OC. The zero-order chi connectivity index (χ0) is 21.1. The number of benzene rings is 2. The molecule has 0 unspecified atom stereocenters. The second kappa shape index (κ2) is 8.65. The summed E-state index contributed by atoms with van der Waals surface area (Å²) in [6.07, 6.45) is 3.59. The Bertz CT molecular complexity index is 968. The fourth-order valence-corrected chi connectivity index (χ4v) is 3.70. The van der Waals surface area contributed by atoms with Gasteiger partial charge in [0.05, 0.1) is 27.0 Å². The first-order chi connectivity index (χ1) is 14.6. The van der Waals surface area contributed by atoms with Gasteiger partial charge in [-0.25, -0.2) is 0 Å². The van der Waals surface area contributed by atoms with Crippen LogP contribution in [-0.2, 0) is 16.2 Å². The molecule has 0 radical (unpaired) electrons. The van der Waals surface area contributed by atoms with Crippen molar-refractivity contribution in [2.24, 2.45) is 11.1 Å². The molecule has 7 heteroatoms. The van der Waals surface area contributed by atoms with Crippen LogP contribution in [-0.4, -0.2) is 51.5 Å². The topological polar surface area (TPSA) is 69.6 Å². The quantitative estimate of drug-likeness (QED) is 0.539. The van der Waals surface area contributed by atoms with Crippen LogP contribution in [0.5, 0.6) is 17.2 Å². The number of carbonyl (C=O) groups is 1. The van der Waals surface area contributed by atoms with Gasteiger partial charge in [0, 0.05) is 23.6 Å². The Hall–Kier alpha value is -3.22. The Morgan fingerprint density at radius 1 is 1.10 bits per heavy atom. The van der Waals surface area contributed by atoms with Crippen molar-refractivity contribution in [1.82, 2.24) is 4.90 Å². The van der Waals surface area contributed by atoms with Crippen LogP contribution in [0.15, 0.2) is 35.5 Å². The number of methoxy groups -OCH3 is 2. The molecule has 0 aromatic heterocycles. The first kappa shape index (κ1) is 20.1. The molecule has 158 valence electrons. The van der Waals surface area contributed by atoms with Gasteiger partial charge in [0.1, 0.15) is 19.5 Å². The standard InChI is InChI=1S/C23H26N2O5/c1-27-20-7-6-16(10-18(20)13-24-29-3)17-11-19-14-25(23(26)15-4-5-15)8-9-30-22(19)21(12-17)28-2/h6-7,10-13,15H,4-5,8-9,14H2,1-3H3/b24-13+. The molecule has 2 aliphatic rings. The van der Waals surface area contributed by atoms with E-state index < -0.39 is 0 Å². The van der Waals surface area contributed by atoms with E-state index in [9.17, 15) is 4.79 Å². The summed E-state index contributed by atoms with van der Waals surface area (Å²) in [5, 5.41) is 3.86. The van der Waals surface area contributed by atoms with Crippen molar-refractivity contribution >= 4 is 12.1 Å². The summed E-state index contributed by atoms with van der Waals surface area (Å²) in [5.41, 5.74) is 3.68. The Kier molecular flexibility index (Phi) is 5.79. The zero-order valence-corrected chi connectivity index (χ0v) is 17.5. The number of hydrogen-bond donors (Lipinski definition) is 0. The van der Waals surface area contributed by atoms with E-state index in [1.807, 2.05) is 29.2 Å². The molecular formula is C23H26N2O5. The first-order valence-corrected chi connectivity index (χ1v) is 10.0. The summed E-state index contributed by atoms with van der Waals surface area (Å²) in [7, 11) is 4.75. The number of carbonyl (C=O) groups excluding carboxylic acids is 1. The summed E-state index contributed by atoms with van der Waals surface area (Å²) in [5.74, 6) is 2.47. The molecule has 1 aliphatic heterocycles. The predicted octanol–water partition coefficient (Wildman–Crippen LogP) is 3.48. The van der Waals surface area contributed by atoms with E-state index in [0.717, 1.165) is 35.1 Å². The maximum atomic E-state index is 12.6. The molecule has 7 nitrogen and oxygen atoms in total. The summed E-state index contributed by atoms with van der Waals surface area (Å²) in [4.78, 5) is 19.4. The summed E-state index contributed by atoms with van der Waals surface area (Å²) < 4.78 is 17.0. The molecular weight excluding hydrogens is 384 g/mol. The fourth-order valence-electron chi connectivity index (χ4n) is 3.70. The minimum Gasteiger partial charge on any atom is -0.496 e. The van der Waals surface area contributed by atoms with E-state index in [1.54, 1.807) is 20.4 Å². The van der Waals surface area contributed by atoms with Crippen LogP contribution < -0.4 is 14.2 Å². The monoisotopic (exact) mass is 410 g/mol. The molecule has 0 N–H and O–H groups in total. The number of amides is 1. The largest absolute Gasteiger partial charge is 0.496 e. The van der Waals surface area contributed by atoms with Crippen LogP contribution in [0.1, 0.15) is 24.0 Å². The number of hydrogen-bond acceptors (Lipinski definition) is 6. The van der Waals surface area contributed by atoms with E-state index in [4.69, 9.17) is 19.0 Å². The Labute approximate surface area is 176 Å². The number of ether oxygens (including phenoxy) is 3. The lowest BCUT2D eigenvalue weighted by Gasteiger charge is -2.20. The average molecular weight is 410 g/mol. The summed E-state index contributed by atoms with van der Waals surface area (Å²) >= 11 is 0. The molecule has 2 aromatic rings. The molecule has 0 saturated heterocycles. The maximum Gasteiger partial charge on any atom is 0.226 e. The minimum atomic E-state index is 0.181. The molecule has 1 saturated carbocycles. The van der Waals surface area contributed by atoms with E-state index in [2.05, 4.69) is 11.2 Å². The number of fused-ring (bicyclic) bond motifs is 1. The number of nitrogens with zero attached hydrogens (tertiary/aromatic N) is 2. The van der Waals surface area contributed by atoms with Crippen LogP contribution in [0.25, 0.3) is 11.1 Å². The van der Waals surface area contributed by atoms with Crippen molar-refractivity contribution in [2.45, 2.75) is 19.4 Å². The highest BCUT2D eigenvalue weighted by Crippen LogP contribution is 2.40. The molecule has 30 heavy (non-hydrogen) atoms. The number of rotatable bonds is 6. The van der Waals surface area contributed by atoms with Gasteiger partial charge >= 0.3 is 0 Å². The zero-order valence-electron chi connectivity index (χ0n) is 17.5. The molecule has 0 atom stereocenters. The van der Waals surface area contributed by atoms with Gasteiger partial charge in [-0.05, 0) is 48.2 Å². The molecule has 1 amide bonds. The predicted molar refractivity (Wildman–Crippen MR) is 113 cm³/mol. The number of oxime groups is 1. The van der Waals surface area contributed by atoms with E-state index in [1.165, 1.54) is 7.11 Å². The lowest BCUT2D eigenvalue weighted by molar-refractivity contribution is -0.133. The minimum absolute atomic E-state index is 0.181. The second-order valence-corrected chi connectivity index (χ2v) is 7.42. The molecule has 0 bridgehead atoms. The van der Waals surface area contributed by atoms with Gasteiger partial charge in [0.25, 0.3) is 0 Å². The molecule has 2 aromatic carbocycles. The lowest BCUT2D eigenvalue weighted by Crippen LogP contribution is -2.33. The van der Waals surface area contributed by atoms with Gasteiger partial charge in [-0.2, -0.15) is 0 Å². The van der Waals surface area contributed by atoms with Crippen LogP contribution in [0.3, 0.4) is 0 Å². The van der Waals surface area contributed by atoms with Crippen molar-refractivity contribution in [2.75, 3.05) is 34.5 Å². The van der Waals surface area contributed by atoms with Gasteiger partial charge in [0.2, 0.25) is 5.91 Å². The smallest absolute Gasteiger partial charge is 0.226 e. The van der Waals surface area contributed by atoms with Gasteiger partial charge < -0.3 is 23.9 Å². The highest BCUT2D eigenvalue weighted by atomic mass is 16.6. The Morgan fingerprint density at radius 3 is 2.60 bits per heavy atom. The molecule has 4 rings (SSSR count). The van der Waals surface area contributed by atoms with Crippen LogP contribution in [0.4, 0.5) is 0 Å². The van der Waals surface area contributed by atoms with Crippen molar-refractivity contribution in [3.63, 3.8) is 0 Å². The third-order valence-corrected chi connectivity index (χ3v) is 5.42. The van der Waals surface area contributed by atoms with Crippen LogP contribution >= 0.6 is 0 Å². The summed E-state index contributed by atoms with van der Waals surface area (Å²) in [6.45, 7) is 1.56. The van der Waals surface area contributed by atoms with E-state index >= 15 is 0 Å². The van der Waals surface area contributed by atoms with Crippen molar-refractivity contribution < 1.29 is 23.8 Å². The third-order valence-electron chi connectivity index (χ3n) is 5.42. The molecule has 1 fully saturated rings. The Morgan fingerprint density at radius 2 is 1.90 bits per heavy atom. The highest BCUT2D eigenvalue weighted by molar-refractivity contribution is 5.86. The van der Waals surface area contributed by atoms with Gasteiger partial charge in [-0.3, -0.25) is 4.79 Å². The van der Waals surface area contributed by atoms with E-state index in [0.29, 0.717) is 36.9 Å². The van der Waals surface area contributed by atoms with Gasteiger partial charge in [-0.1, -0.05) is 11.2 Å². The molecule has 1 heterocycles. The molecule has 1 aliphatic carbocycles. The van der Waals surface area contributed by atoms with E-state index in [-0.39, 0.29) is 11.8 Å². The maximum absolute atomic E-state index is 12.6. The van der Waals surface area contributed by atoms with Gasteiger partial charge in [0.15, 0.2) is 11.5 Å². The van der Waals surface area contributed by atoms with Gasteiger partial charge in [-0.15, -0.1) is 0 Å². The highest BCUT2D eigenvalue weighted by Gasteiger charge is 2.34. The lowest BCUT2D eigenvalue weighted by atomic mass is 9.99. The average Bonchev–Trinajstić information content (AvgIpc) is 3.63. The van der Waals surface area contributed by atoms with Crippen molar-refractivity contribution in [3.8, 4) is 28.4 Å². The Balaban J connectivity index is 1.73. The fraction of sp³-hybridized carbons (Fsp3) is 0.391. The first-order valence-electron chi connectivity index (χ1n) is 10.0. The van der Waals surface area contributed by atoms with Crippen molar-refractivity contribution in [1.29, 1.82) is 0 Å². The second-order valence-electron chi connectivity index (χ2n) is 7.42. The normalized spacial score (nSPS) is 15.9. The third kappa shape index (κ3) is 4.06. The molecule has 0 spiro atoms.